The standard InChI is InChI=1S/C14H15N3O2/c1-18-13-5-3-11(4-6-13)14-12(9-16)10-19-17(14)8-2-7-15/h3-6,12,14H,2,8,10H2,1H3/t12-,14-/m1/s1. The van der Waals surface area contributed by atoms with Gasteiger partial charge in [-0.05, 0) is 17.7 Å². The summed E-state index contributed by atoms with van der Waals surface area (Å²) < 4.78 is 5.12. The zero-order chi connectivity index (χ0) is 13.7. The maximum Gasteiger partial charge on any atom is 0.118 e. The van der Waals surface area contributed by atoms with Crippen LogP contribution in [-0.2, 0) is 4.84 Å². The van der Waals surface area contributed by atoms with Gasteiger partial charge in [0, 0.05) is 6.54 Å². The molecule has 1 heterocycles. The molecule has 0 aromatic heterocycles. The molecule has 1 aliphatic heterocycles. The van der Waals surface area contributed by atoms with Crippen molar-refractivity contribution < 1.29 is 9.57 Å². The van der Waals surface area contributed by atoms with Crippen molar-refractivity contribution in [3.63, 3.8) is 0 Å². The smallest absolute Gasteiger partial charge is 0.118 e. The van der Waals surface area contributed by atoms with Gasteiger partial charge in [0.1, 0.15) is 5.75 Å². The molecule has 1 fully saturated rings. The average Bonchev–Trinajstić information content (AvgIpc) is 2.88. The topological polar surface area (TPSA) is 69.3 Å². The van der Waals surface area contributed by atoms with Gasteiger partial charge in [-0.25, -0.2) is 0 Å². The first kappa shape index (κ1) is 13.4. The predicted molar refractivity (Wildman–Crippen MR) is 67.7 cm³/mol. The lowest BCUT2D eigenvalue weighted by Crippen LogP contribution is -2.25. The normalized spacial score (nSPS) is 22.7. The van der Waals surface area contributed by atoms with E-state index in [1.807, 2.05) is 24.3 Å². The highest BCUT2D eigenvalue weighted by Crippen LogP contribution is 2.35. The number of nitrogens with zero attached hydrogens (tertiary/aromatic N) is 3. The number of hydroxylamine groups is 2. The van der Waals surface area contributed by atoms with Crippen molar-refractivity contribution in [3.05, 3.63) is 29.8 Å². The third-order valence-electron chi connectivity index (χ3n) is 3.18. The Morgan fingerprint density at radius 1 is 1.37 bits per heavy atom. The van der Waals surface area contributed by atoms with Gasteiger partial charge in [-0.1, -0.05) is 12.1 Å². The third-order valence-corrected chi connectivity index (χ3v) is 3.18. The molecular weight excluding hydrogens is 242 g/mol. The molecule has 0 aliphatic carbocycles. The van der Waals surface area contributed by atoms with Crippen molar-refractivity contribution in [1.29, 1.82) is 10.5 Å². The van der Waals surface area contributed by atoms with E-state index in [0.717, 1.165) is 11.3 Å². The monoisotopic (exact) mass is 257 g/mol. The van der Waals surface area contributed by atoms with Crippen LogP contribution in [0.5, 0.6) is 5.75 Å². The minimum Gasteiger partial charge on any atom is -0.497 e. The molecule has 0 bridgehead atoms. The highest BCUT2D eigenvalue weighted by Gasteiger charge is 2.36. The largest absolute Gasteiger partial charge is 0.497 e. The summed E-state index contributed by atoms with van der Waals surface area (Å²) in [5.41, 5.74) is 1.00. The van der Waals surface area contributed by atoms with E-state index in [-0.39, 0.29) is 12.0 Å². The van der Waals surface area contributed by atoms with Crippen LogP contribution in [0.25, 0.3) is 0 Å². The van der Waals surface area contributed by atoms with Gasteiger partial charge in [0.05, 0.1) is 44.2 Å². The minimum atomic E-state index is -0.216. The summed E-state index contributed by atoms with van der Waals surface area (Å²) in [7, 11) is 1.62. The number of hydrogen-bond acceptors (Lipinski definition) is 5. The van der Waals surface area contributed by atoms with E-state index in [9.17, 15) is 5.26 Å². The molecule has 1 aromatic rings. The molecule has 1 aliphatic rings. The van der Waals surface area contributed by atoms with E-state index in [4.69, 9.17) is 14.8 Å². The first-order chi connectivity index (χ1) is 9.30. The maximum atomic E-state index is 9.20. The fourth-order valence-corrected chi connectivity index (χ4v) is 2.22. The molecule has 5 nitrogen and oxygen atoms in total. The first-order valence-electron chi connectivity index (χ1n) is 6.10. The summed E-state index contributed by atoms with van der Waals surface area (Å²) in [6.07, 6.45) is 0.380. The van der Waals surface area contributed by atoms with E-state index < -0.39 is 0 Å². The highest BCUT2D eigenvalue weighted by atomic mass is 16.7. The summed E-state index contributed by atoms with van der Waals surface area (Å²) >= 11 is 0. The first-order valence-corrected chi connectivity index (χ1v) is 6.10. The molecule has 2 rings (SSSR count). The summed E-state index contributed by atoms with van der Waals surface area (Å²) in [5.74, 6) is 0.562. The predicted octanol–water partition coefficient (Wildman–Crippen LogP) is 2.04. The second kappa shape index (κ2) is 6.19. The number of hydrogen-bond donors (Lipinski definition) is 0. The summed E-state index contributed by atoms with van der Waals surface area (Å²) in [6.45, 7) is 0.879. The van der Waals surface area contributed by atoms with E-state index >= 15 is 0 Å². The Kier molecular flexibility index (Phi) is 4.35. The van der Waals surface area contributed by atoms with Crippen LogP contribution in [-0.4, -0.2) is 25.3 Å². The lowest BCUT2D eigenvalue weighted by Gasteiger charge is -2.23. The molecule has 19 heavy (non-hydrogen) atoms. The fraction of sp³-hybridized carbons (Fsp3) is 0.429. The number of benzene rings is 1. The molecule has 2 atom stereocenters. The van der Waals surface area contributed by atoms with Crippen LogP contribution in [0.4, 0.5) is 0 Å². The lowest BCUT2D eigenvalue weighted by molar-refractivity contribution is -0.131. The third kappa shape index (κ3) is 2.85. The molecule has 98 valence electrons. The molecule has 1 saturated heterocycles. The molecule has 0 amide bonds. The maximum absolute atomic E-state index is 9.20. The van der Waals surface area contributed by atoms with Gasteiger partial charge >= 0.3 is 0 Å². The molecule has 0 N–H and O–H groups in total. The van der Waals surface area contributed by atoms with Crippen molar-refractivity contribution in [3.8, 4) is 17.9 Å². The second-order valence-corrected chi connectivity index (χ2v) is 4.30. The number of nitriles is 2. The Morgan fingerprint density at radius 2 is 2.11 bits per heavy atom. The fourth-order valence-electron chi connectivity index (χ4n) is 2.22. The summed E-state index contributed by atoms with van der Waals surface area (Å²) in [4.78, 5) is 5.51. The van der Waals surface area contributed by atoms with Gasteiger partial charge in [-0.15, -0.1) is 0 Å². The van der Waals surface area contributed by atoms with Gasteiger partial charge in [-0.2, -0.15) is 15.6 Å². The lowest BCUT2D eigenvalue weighted by atomic mass is 9.95. The number of rotatable bonds is 4. The Labute approximate surface area is 112 Å². The van der Waals surface area contributed by atoms with Crippen molar-refractivity contribution >= 4 is 0 Å². The Morgan fingerprint density at radius 3 is 2.68 bits per heavy atom. The van der Waals surface area contributed by atoms with Crippen molar-refractivity contribution in [2.75, 3.05) is 20.3 Å². The Balaban J connectivity index is 2.20. The zero-order valence-corrected chi connectivity index (χ0v) is 10.7. The van der Waals surface area contributed by atoms with Crippen LogP contribution >= 0.6 is 0 Å². The molecule has 5 heteroatoms. The Bertz CT molecular complexity index is 501. The summed E-state index contributed by atoms with van der Waals surface area (Å²) in [6, 6.07) is 11.8. The average molecular weight is 257 g/mol. The quantitative estimate of drug-likeness (QED) is 0.825. The van der Waals surface area contributed by atoms with Gasteiger partial charge in [0.25, 0.3) is 0 Å². The Hall–Kier alpha value is -2.08. The summed E-state index contributed by atoms with van der Waals surface area (Å²) in [5, 5.41) is 19.6. The molecular formula is C14H15N3O2. The SMILES string of the molecule is COc1ccc([C@@H]2[C@H](C#N)CON2CCC#N)cc1. The second-order valence-electron chi connectivity index (χ2n) is 4.30. The van der Waals surface area contributed by atoms with Crippen molar-refractivity contribution in [2.45, 2.75) is 12.5 Å². The van der Waals surface area contributed by atoms with Gasteiger partial charge in [0.2, 0.25) is 0 Å². The van der Waals surface area contributed by atoms with Crippen LogP contribution in [0.15, 0.2) is 24.3 Å². The van der Waals surface area contributed by atoms with Gasteiger partial charge in [-0.3, -0.25) is 4.84 Å². The molecule has 0 radical (unpaired) electrons. The number of ether oxygens (including phenoxy) is 1. The van der Waals surface area contributed by atoms with Crippen LogP contribution in [0.3, 0.4) is 0 Å². The van der Waals surface area contributed by atoms with Crippen LogP contribution < -0.4 is 4.74 Å². The molecule has 0 saturated carbocycles. The molecule has 0 spiro atoms. The van der Waals surface area contributed by atoms with E-state index in [0.29, 0.717) is 19.6 Å². The van der Waals surface area contributed by atoms with Crippen molar-refractivity contribution in [1.82, 2.24) is 5.06 Å². The van der Waals surface area contributed by atoms with Gasteiger partial charge < -0.3 is 4.74 Å². The van der Waals surface area contributed by atoms with Crippen LogP contribution in [0.2, 0.25) is 0 Å². The zero-order valence-electron chi connectivity index (χ0n) is 10.7. The van der Waals surface area contributed by atoms with Crippen LogP contribution in [0.1, 0.15) is 18.0 Å². The van der Waals surface area contributed by atoms with Gasteiger partial charge in [0.15, 0.2) is 0 Å². The van der Waals surface area contributed by atoms with E-state index in [1.165, 1.54) is 0 Å². The minimum absolute atomic E-state index is 0.121. The van der Waals surface area contributed by atoms with E-state index in [1.54, 1.807) is 12.2 Å². The molecule has 1 aromatic carbocycles. The number of methoxy groups -OCH3 is 1. The van der Waals surface area contributed by atoms with Crippen molar-refractivity contribution in [2.24, 2.45) is 5.92 Å². The highest BCUT2D eigenvalue weighted by molar-refractivity contribution is 5.30. The van der Waals surface area contributed by atoms with Crippen LogP contribution in [0, 0.1) is 28.6 Å². The molecule has 0 unspecified atom stereocenters. The van der Waals surface area contributed by atoms with E-state index in [2.05, 4.69) is 12.1 Å².